The van der Waals surface area contributed by atoms with Gasteiger partial charge in [-0.15, -0.1) is 0 Å². The summed E-state index contributed by atoms with van der Waals surface area (Å²) < 4.78 is 17.2. The van der Waals surface area contributed by atoms with Gasteiger partial charge in [-0.1, -0.05) is 66.7 Å². The minimum absolute atomic E-state index is 0.0158. The van der Waals surface area contributed by atoms with Gasteiger partial charge in [0.25, 0.3) is 0 Å². The Morgan fingerprint density at radius 1 is 0.763 bits per heavy atom. The van der Waals surface area contributed by atoms with Crippen molar-refractivity contribution < 1.29 is 14.2 Å². The van der Waals surface area contributed by atoms with E-state index in [-0.39, 0.29) is 6.04 Å². The number of nitrogens with one attached hydrogen (secondary N) is 1. The van der Waals surface area contributed by atoms with Gasteiger partial charge in [-0.25, -0.2) is 9.97 Å². The summed E-state index contributed by atoms with van der Waals surface area (Å²) in [7, 11) is 3.25. The van der Waals surface area contributed by atoms with Crippen LogP contribution in [0.4, 0.5) is 5.82 Å². The number of fused-ring (bicyclic) bond motifs is 1. The van der Waals surface area contributed by atoms with Gasteiger partial charge in [-0.3, -0.25) is 0 Å². The average molecular weight is 506 g/mol. The second-order valence-electron chi connectivity index (χ2n) is 9.11. The summed E-state index contributed by atoms with van der Waals surface area (Å²) in [5, 5.41) is 4.46. The monoisotopic (exact) mass is 505 g/mol. The number of benzene rings is 4. The standard InChI is InChI=1S/C32H31N3O3/c1-21(33-32-27-18-30(36-3)31(37-4)19-28(27)34-22(2)35-32)24-13-10-14-25(17-24)26-15-8-9-16-29(26)38-20-23-11-6-5-7-12-23/h5-19,21H,20H2,1-4H3,(H,33,34,35). The molecule has 192 valence electrons. The first-order valence-electron chi connectivity index (χ1n) is 12.6. The Labute approximate surface area is 223 Å². The van der Waals surface area contributed by atoms with Crippen molar-refractivity contribution in [2.45, 2.75) is 26.5 Å². The topological polar surface area (TPSA) is 65.5 Å². The summed E-state index contributed by atoms with van der Waals surface area (Å²) >= 11 is 0. The summed E-state index contributed by atoms with van der Waals surface area (Å²) in [5.41, 5.74) is 5.21. The number of aromatic nitrogens is 2. The third-order valence-corrected chi connectivity index (χ3v) is 6.49. The summed E-state index contributed by atoms with van der Waals surface area (Å²) in [4.78, 5) is 9.31. The molecule has 6 nitrogen and oxygen atoms in total. The fourth-order valence-corrected chi connectivity index (χ4v) is 4.51. The molecule has 1 heterocycles. The minimum atomic E-state index is -0.0158. The van der Waals surface area contributed by atoms with Gasteiger partial charge in [-0.2, -0.15) is 0 Å². The molecular formula is C32H31N3O3. The Hall–Kier alpha value is -4.58. The molecule has 0 aliphatic carbocycles. The van der Waals surface area contributed by atoms with Crippen molar-refractivity contribution in [1.29, 1.82) is 0 Å². The molecule has 4 aromatic carbocycles. The molecule has 0 fully saturated rings. The smallest absolute Gasteiger partial charge is 0.162 e. The van der Waals surface area contributed by atoms with E-state index in [1.807, 2.05) is 55.5 Å². The molecule has 6 heteroatoms. The maximum atomic E-state index is 6.22. The van der Waals surface area contributed by atoms with Gasteiger partial charge in [0.15, 0.2) is 11.5 Å². The van der Waals surface area contributed by atoms with Gasteiger partial charge in [0.2, 0.25) is 0 Å². The highest BCUT2D eigenvalue weighted by Crippen LogP contribution is 2.36. The predicted molar refractivity (Wildman–Crippen MR) is 152 cm³/mol. The quantitative estimate of drug-likeness (QED) is 0.226. The molecule has 0 saturated heterocycles. The van der Waals surface area contributed by atoms with Crippen LogP contribution in [0.3, 0.4) is 0 Å². The van der Waals surface area contributed by atoms with Gasteiger partial charge in [0, 0.05) is 23.1 Å². The number of ether oxygens (including phenoxy) is 3. The van der Waals surface area contributed by atoms with Crippen LogP contribution in [0.1, 0.15) is 29.9 Å². The molecule has 5 rings (SSSR count). The first kappa shape index (κ1) is 25.1. The molecule has 1 unspecified atom stereocenters. The van der Waals surface area contributed by atoms with Crippen molar-refractivity contribution in [1.82, 2.24) is 9.97 Å². The van der Waals surface area contributed by atoms with E-state index in [1.165, 1.54) is 0 Å². The fraction of sp³-hybridized carbons (Fsp3) is 0.188. The number of anilines is 1. The Bertz CT molecular complexity index is 1550. The van der Waals surface area contributed by atoms with E-state index < -0.39 is 0 Å². The van der Waals surface area contributed by atoms with Crippen LogP contribution in [0.25, 0.3) is 22.0 Å². The summed E-state index contributed by atoms with van der Waals surface area (Å²) in [6.45, 7) is 4.53. The second-order valence-corrected chi connectivity index (χ2v) is 9.11. The van der Waals surface area contributed by atoms with Gasteiger partial charge < -0.3 is 19.5 Å². The van der Waals surface area contributed by atoms with Crippen molar-refractivity contribution in [3.8, 4) is 28.4 Å². The van der Waals surface area contributed by atoms with Crippen molar-refractivity contribution in [3.05, 3.63) is 108 Å². The van der Waals surface area contributed by atoms with E-state index >= 15 is 0 Å². The lowest BCUT2D eigenvalue weighted by Crippen LogP contribution is -2.10. The first-order valence-corrected chi connectivity index (χ1v) is 12.6. The molecule has 0 aliphatic heterocycles. The number of hydrogen-bond donors (Lipinski definition) is 1. The molecule has 1 N–H and O–H groups in total. The van der Waals surface area contributed by atoms with E-state index in [9.17, 15) is 0 Å². The Morgan fingerprint density at radius 2 is 1.50 bits per heavy atom. The molecule has 38 heavy (non-hydrogen) atoms. The Balaban J connectivity index is 1.43. The van der Waals surface area contributed by atoms with Crippen LogP contribution in [-0.4, -0.2) is 24.2 Å². The van der Waals surface area contributed by atoms with Crippen LogP contribution in [0.5, 0.6) is 17.2 Å². The van der Waals surface area contributed by atoms with Gasteiger partial charge in [-0.05, 0) is 48.7 Å². The van der Waals surface area contributed by atoms with Crippen LogP contribution in [-0.2, 0) is 6.61 Å². The average Bonchev–Trinajstić information content (AvgIpc) is 2.96. The normalized spacial score (nSPS) is 11.7. The van der Waals surface area contributed by atoms with Gasteiger partial charge in [0.1, 0.15) is 24.0 Å². The molecule has 5 aromatic rings. The number of rotatable bonds is 9. The minimum Gasteiger partial charge on any atom is -0.493 e. The summed E-state index contributed by atoms with van der Waals surface area (Å²) in [6.07, 6.45) is 0. The summed E-state index contributed by atoms with van der Waals surface area (Å²) in [5.74, 6) is 3.55. The van der Waals surface area contributed by atoms with Crippen LogP contribution in [0.2, 0.25) is 0 Å². The number of para-hydroxylation sites is 1. The highest BCUT2D eigenvalue weighted by molar-refractivity contribution is 5.92. The number of hydrogen-bond acceptors (Lipinski definition) is 6. The van der Waals surface area contributed by atoms with E-state index in [4.69, 9.17) is 19.2 Å². The van der Waals surface area contributed by atoms with Crippen molar-refractivity contribution >= 4 is 16.7 Å². The van der Waals surface area contributed by atoms with Crippen LogP contribution < -0.4 is 19.5 Å². The largest absolute Gasteiger partial charge is 0.493 e. The van der Waals surface area contributed by atoms with Crippen molar-refractivity contribution in [3.63, 3.8) is 0 Å². The lowest BCUT2D eigenvalue weighted by Gasteiger charge is -2.19. The lowest BCUT2D eigenvalue weighted by molar-refractivity contribution is 0.307. The molecule has 0 spiro atoms. The zero-order valence-corrected chi connectivity index (χ0v) is 22.1. The lowest BCUT2D eigenvalue weighted by atomic mass is 9.99. The number of aryl methyl sites for hydroxylation is 1. The third-order valence-electron chi connectivity index (χ3n) is 6.49. The van der Waals surface area contributed by atoms with Crippen LogP contribution >= 0.6 is 0 Å². The molecular weight excluding hydrogens is 474 g/mol. The van der Waals surface area contributed by atoms with E-state index in [0.29, 0.717) is 23.9 Å². The van der Waals surface area contributed by atoms with E-state index in [2.05, 4.69) is 59.7 Å². The molecule has 0 saturated carbocycles. The van der Waals surface area contributed by atoms with Crippen molar-refractivity contribution in [2.75, 3.05) is 19.5 Å². The fourth-order valence-electron chi connectivity index (χ4n) is 4.51. The van der Waals surface area contributed by atoms with Gasteiger partial charge >= 0.3 is 0 Å². The molecule has 1 aromatic heterocycles. The molecule has 1 atom stereocenters. The maximum absolute atomic E-state index is 6.22. The van der Waals surface area contributed by atoms with Crippen LogP contribution in [0.15, 0.2) is 91.0 Å². The van der Waals surface area contributed by atoms with Crippen molar-refractivity contribution in [2.24, 2.45) is 0 Å². The zero-order valence-electron chi connectivity index (χ0n) is 22.1. The Kier molecular flexibility index (Phi) is 7.40. The molecule has 0 bridgehead atoms. The van der Waals surface area contributed by atoms with E-state index in [0.717, 1.165) is 44.7 Å². The number of methoxy groups -OCH3 is 2. The van der Waals surface area contributed by atoms with Gasteiger partial charge in [0.05, 0.1) is 19.7 Å². The predicted octanol–water partition coefficient (Wildman–Crippen LogP) is 7.37. The first-order chi connectivity index (χ1) is 18.6. The molecule has 0 amide bonds. The third kappa shape index (κ3) is 5.39. The van der Waals surface area contributed by atoms with E-state index in [1.54, 1.807) is 14.2 Å². The zero-order chi connectivity index (χ0) is 26.5. The maximum Gasteiger partial charge on any atom is 0.162 e. The van der Waals surface area contributed by atoms with Crippen LogP contribution in [0, 0.1) is 6.92 Å². The molecule has 0 aliphatic rings. The highest BCUT2D eigenvalue weighted by atomic mass is 16.5. The second kappa shape index (κ2) is 11.2. The number of nitrogens with zero attached hydrogens (tertiary/aromatic N) is 2. The highest BCUT2D eigenvalue weighted by Gasteiger charge is 2.16. The Morgan fingerprint density at radius 3 is 2.29 bits per heavy atom. The summed E-state index contributed by atoms with van der Waals surface area (Å²) in [6, 6.07) is 30.6. The molecule has 0 radical (unpaired) electrons. The SMILES string of the molecule is COc1cc2nc(C)nc(NC(C)c3cccc(-c4ccccc4OCc4ccccc4)c3)c2cc1OC.